The molecule has 3 rings (SSSR count). The minimum Gasteiger partial charge on any atom is -0.484 e. The van der Waals surface area contributed by atoms with E-state index in [1.165, 1.54) is 19.1 Å². The number of rotatable bonds is 6. The summed E-state index contributed by atoms with van der Waals surface area (Å²) in [5.74, 6) is 0.149. The smallest absolute Gasteiger partial charge is 0.260 e. The molecule has 1 heterocycles. The number of carbonyl (C=O) groups is 2. The Bertz CT molecular complexity index is 870. The number of halogens is 1. The van der Waals surface area contributed by atoms with Gasteiger partial charge in [0.1, 0.15) is 11.6 Å². The molecule has 0 radical (unpaired) electrons. The van der Waals surface area contributed by atoms with E-state index in [1.807, 2.05) is 11.8 Å². The first-order valence-electron chi connectivity index (χ1n) is 10.1. The van der Waals surface area contributed by atoms with Crippen molar-refractivity contribution < 1.29 is 18.7 Å². The van der Waals surface area contributed by atoms with Crippen molar-refractivity contribution in [2.75, 3.05) is 25.0 Å². The summed E-state index contributed by atoms with van der Waals surface area (Å²) in [6.07, 6.45) is 0. The highest BCUT2D eigenvalue weighted by molar-refractivity contribution is 5.88. The number of hydrogen-bond acceptors (Lipinski definition) is 4. The molecule has 2 atom stereocenters. The Hall–Kier alpha value is -2.93. The molecule has 7 heteroatoms. The third-order valence-electron chi connectivity index (χ3n) is 5.27. The van der Waals surface area contributed by atoms with Crippen LogP contribution in [-0.2, 0) is 16.1 Å². The van der Waals surface area contributed by atoms with E-state index < -0.39 is 0 Å². The van der Waals surface area contributed by atoms with Crippen LogP contribution in [0.25, 0.3) is 0 Å². The summed E-state index contributed by atoms with van der Waals surface area (Å²) in [7, 11) is 0. The number of benzene rings is 2. The van der Waals surface area contributed by atoms with Crippen molar-refractivity contribution in [3.05, 3.63) is 59.9 Å². The normalized spacial score (nSPS) is 19.4. The molecule has 2 unspecified atom stereocenters. The fraction of sp³-hybridized carbons (Fsp3) is 0.391. The Morgan fingerprint density at radius 2 is 1.70 bits per heavy atom. The maximum atomic E-state index is 13.1. The maximum absolute atomic E-state index is 13.1. The standard InChI is InChI=1S/C23H28FN3O3/c1-16-13-27(17(2)12-26(16)14-19-4-6-20(24)7-5-19)23(29)15-30-22-10-8-21(9-11-22)25-18(3)28/h4-11,16-17H,12-15H2,1-3H3,(H,25,28). The third-order valence-corrected chi connectivity index (χ3v) is 5.27. The predicted molar refractivity (Wildman–Crippen MR) is 114 cm³/mol. The van der Waals surface area contributed by atoms with Crippen molar-refractivity contribution in [1.29, 1.82) is 0 Å². The summed E-state index contributed by atoms with van der Waals surface area (Å²) < 4.78 is 18.8. The fourth-order valence-electron chi connectivity index (χ4n) is 3.66. The van der Waals surface area contributed by atoms with Crippen molar-refractivity contribution in [1.82, 2.24) is 9.80 Å². The molecule has 0 spiro atoms. The largest absolute Gasteiger partial charge is 0.484 e. The molecule has 160 valence electrons. The average molecular weight is 413 g/mol. The van der Waals surface area contributed by atoms with Gasteiger partial charge in [-0.2, -0.15) is 0 Å². The summed E-state index contributed by atoms with van der Waals surface area (Å²) in [5.41, 5.74) is 1.74. The van der Waals surface area contributed by atoms with Crippen LogP contribution < -0.4 is 10.1 Å². The molecular weight excluding hydrogens is 385 g/mol. The molecule has 0 aromatic heterocycles. The molecule has 0 aliphatic carbocycles. The van der Waals surface area contributed by atoms with Gasteiger partial charge in [-0.3, -0.25) is 14.5 Å². The molecule has 1 N–H and O–H groups in total. The molecule has 1 aliphatic heterocycles. The number of piperazine rings is 1. The van der Waals surface area contributed by atoms with E-state index in [4.69, 9.17) is 4.74 Å². The quantitative estimate of drug-likeness (QED) is 0.790. The average Bonchev–Trinajstić information content (AvgIpc) is 2.71. The monoisotopic (exact) mass is 413 g/mol. The molecule has 1 fully saturated rings. The Balaban J connectivity index is 1.52. The molecule has 2 amide bonds. The van der Waals surface area contributed by atoms with Gasteiger partial charge >= 0.3 is 0 Å². The molecule has 1 aliphatic rings. The highest BCUT2D eigenvalue weighted by atomic mass is 19.1. The van der Waals surface area contributed by atoms with Crippen LogP contribution in [0.5, 0.6) is 5.75 Å². The molecular formula is C23H28FN3O3. The van der Waals surface area contributed by atoms with Gasteiger partial charge in [0.15, 0.2) is 6.61 Å². The minimum absolute atomic E-state index is 0.0332. The molecule has 6 nitrogen and oxygen atoms in total. The first kappa shape index (κ1) is 21.8. The van der Waals surface area contributed by atoms with Crippen molar-refractivity contribution in [2.24, 2.45) is 0 Å². The van der Waals surface area contributed by atoms with E-state index in [9.17, 15) is 14.0 Å². The molecule has 1 saturated heterocycles. The summed E-state index contributed by atoms with van der Waals surface area (Å²) in [6, 6.07) is 13.7. The first-order chi connectivity index (χ1) is 14.3. The Morgan fingerprint density at radius 1 is 1.03 bits per heavy atom. The van der Waals surface area contributed by atoms with Gasteiger partial charge in [0.05, 0.1) is 0 Å². The van der Waals surface area contributed by atoms with E-state index in [-0.39, 0.29) is 36.3 Å². The van der Waals surface area contributed by atoms with Crippen molar-refractivity contribution in [2.45, 2.75) is 39.4 Å². The third kappa shape index (κ3) is 5.79. The van der Waals surface area contributed by atoms with Crippen LogP contribution >= 0.6 is 0 Å². The van der Waals surface area contributed by atoms with Crippen LogP contribution in [0.15, 0.2) is 48.5 Å². The molecule has 30 heavy (non-hydrogen) atoms. The van der Waals surface area contributed by atoms with E-state index in [1.54, 1.807) is 36.4 Å². The number of hydrogen-bond donors (Lipinski definition) is 1. The summed E-state index contributed by atoms with van der Waals surface area (Å²) in [4.78, 5) is 28.0. The SMILES string of the molecule is CC(=O)Nc1ccc(OCC(=O)N2CC(C)N(Cc3ccc(F)cc3)CC2C)cc1. The van der Waals surface area contributed by atoms with Crippen LogP contribution in [0.2, 0.25) is 0 Å². The van der Waals surface area contributed by atoms with E-state index in [0.717, 1.165) is 18.7 Å². The predicted octanol–water partition coefficient (Wildman–Crippen LogP) is 3.28. The van der Waals surface area contributed by atoms with Gasteiger partial charge in [-0.05, 0) is 55.8 Å². The Kier molecular flexibility index (Phi) is 7.05. The van der Waals surface area contributed by atoms with E-state index in [0.29, 0.717) is 18.0 Å². The summed E-state index contributed by atoms with van der Waals surface area (Å²) >= 11 is 0. The lowest BCUT2D eigenvalue weighted by molar-refractivity contribution is -0.139. The maximum Gasteiger partial charge on any atom is 0.260 e. The van der Waals surface area contributed by atoms with Gasteiger partial charge in [0, 0.05) is 44.3 Å². The minimum atomic E-state index is -0.236. The zero-order valence-electron chi connectivity index (χ0n) is 17.6. The number of nitrogens with one attached hydrogen (secondary N) is 1. The van der Waals surface area contributed by atoms with Crippen LogP contribution in [-0.4, -0.2) is 53.4 Å². The van der Waals surface area contributed by atoms with E-state index >= 15 is 0 Å². The number of carbonyl (C=O) groups excluding carboxylic acids is 2. The zero-order valence-corrected chi connectivity index (χ0v) is 17.6. The highest BCUT2D eigenvalue weighted by Crippen LogP contribution is 2.20. The Morgan fingerprint density at radius 3 is 2.33 bits per heavy atom. The van der Waals surface area contributed by atoms with Gasteiger partial charge in [-0.25, -0.2) is 4.39 Å². The second kappa shape index (κ2) is 9.71. The van der Waals surface area contributed by atoms with Crippen molar-refractivity contribution in [3.63, 3.8) is 0 Å². The molecule has 0 saturated carbocycles. The number of nitrogens with zero attached hydrogens (tertiary/aromatic N) is 2. The van der Waals surface area contributed by atoms with Crippen LogP contribution in [0.1, 0.15) is 26.3 Å². The van der Waals surface area contributed by atoms with Crippen LogP contribution in [0.4, 0.5) is 10.1 Å². The van der Waals surface area contributed by atoms with Crippen LogP contribution in [0.3, 0.4) is 0 Å². The van der Waals surface area contributed by atoms with Gasteiger partial charge in [0.25, 0.3) is 5.91 Å². The summed E-state index contributed by atoms with van der Waals surface area (Å²) in [5, 5.41) is 2.69. The van der Waals surface area contributed by atoms with Crippen LogP contribution in [0, 0.1) is 5.82 Å². The highest BCUT2D eigenvalue weighted by Gasteiger charge is 2.32. The molecule has 2 aromatic rings. The lowest BCUT2D eigenvalue weighted by Crippen LogP contribution is -2.58. The molecule has 2 aromatic carbocycles. The van der Waals surface area contributed by atoms with Gasteiger partial charge < -0.3 is 15.0 Å². The Labute approximate surface area is 176 Å². The zero-order chi connectivity index (χ0) is 21.7. The number of anilines is 1. The van der Waals surface area contributed by atoms with Crippen molar-refractivity contribution >= 4 is 17.5 Å². The molecule has 0 bridgehead atoms. The first-order valence-corrected chi connectivity index (χ1v) is 10.1. The number of ether oxygens (including phenoxy) is 1. The number of amides is 2. The van der Waals surface area contributed by atoms with Gasteiger partial charge in [0.2, 0.25) is 5.91 Å². The second-order valence-electron chi connectivity index (χ2n) is 7.79. The van der Waals surface area contributed by atoms with E-state index in [2.05, 4.69) is 17.1 Å². The van der Waals surface area contributed by atoms with Crippen molar-refractivity contribution in [3.8, 4) is 5.75 Å². The fourth-order valence-corrected chi connectivity index (χ4v) is 3.66. The topological polar surface area (TPSA) is 61.9 Å². The lowest BCUT2D eigenvalue weighted by atomic mass is 10.1. The lowest BCUT2D eigenvalue weighted by Gasteiger charge is -2.44. The van der Waals surface area contributed by atoms with Gasteiger partial charge in [-0.15, -0.1) is 0 Å². The summed E-state index contributed by atoms with van der Waals surface area (Å²) in [6.45, 7) is 7.63. The van der Waals surface area contributed by atoms with Gasteiger partial charge in [-0.1, -0.05) is 12.1 Å². The second-order valence-corrected chi connectivity index (χ2v) is 7.79.